The molecule has 10 nitrogen and oxygen atoms in total. The quantitative estimate of drug-likeness (QED) is 0.155. The van der Waals surface area contributed by atoms with Crippen molar-refractivity contribution in [2.45, 2.75) is 117 Å². The molecule has 0 radical (unpaired) electrons. The van der Waals surface area contributed by atoms with E-state index in [-0.39, 0.29) is 36.8 Å². The number of halogens is 2. The van der Waals surface area contributed by atoms with Gasteiger partial charge in [-0.25, -0.2) is 14.4 Å². The van der Waals surface area contributed by atoms with Crippen LogP contribution in [0.3, 0.4) is 0 Å². The average molecular weight is 826 g/mol. The molecule has 0 aliphatic carbocycles. The van der Waals surface area contributed by atoms with Crippen molar-refractivity contribution in [3.63, 3.8) is 0 Å². The maximum atomic E-state index is 13.3. The number of carbonyl (C=O) groups is 3. The van der Waals surface area contributed by atoms with Crippen molar-refractivity contribution in [1.82, 2.24) is 10.2 Å². The monoisotopic (exact) mass is 824 g/mol. The van der Waals surface area contributed by atoms with E-state index in [1.807, 2.05) is 51.1 Å². The van der Waals surface area contributed by atoms with Gasteiger partial charge in [0.2, 0.25) is 0 Å². The Morgan fingerprint density at radius 3 is 1.51 bits per heavy atom. The molecular formula is C45H62Cl2N4O6. The molecule has 6 rings (SSSR count). The van der Waals surface area contributed by atoms with Crippen molar-refractivity contribution in [1.29, 1.82) is 0 Å². The third kappa shape index (κ3) is 12.6. The summed E-state index contributed by atoms with van der Waals surface area (Å²) in [5.41, 5.74) is 7.79. The lowest BCUT2D eigenvalue weighted by Crippen LogP contribution is -2.44. The zero-order valence-electron chi connectivity index (χ0n) is 35.0. The summed E-state index contributed by atoms with van der Waals surface area (Å²) in [6.07, 6.45) is 2.14. The van der Waals surface area contributed by atoms with Crippen LogP contribution in [-0.4, -0.2) is 66.2 Å². The minimum atomic E-state index is -0.796. The van der Waals surface area contributed by atoms with Crippen molar-refractivity contribution < 1.29 is 28.6 Å². The Hall–Kier alpha value is -4.25. The predicted octanol–water partition coefficient (Wildman–Crippen LogP) is 11.4. The number of hydrogen-bond donors (Lipinski definition) is 2. The number of nitrogen functional groups attached to an aromatic ring is 1. The van der Waals surface area contributed by atoms with Crippen molar-refractivity contribution in [3.05, 3.63) is 83.9 Å². The summed E-state index contributed by atoms with van der Waals surface area (Å²) in [7, 11) is 0. The number of nitrogens with zero attached hydrogens (tertiary/aromatic N) is 2. The second kappa shape index (κ2) is 19.5. The van der Waals surface area contributed by atoms with Gasteiger partial charge in [-0.05, 0) is 147 Å². The number of carbonyl (C=O) groups excluding carboxylic acids is 3. The third-order valence-corrected chi connectivity index (χ3v) is 9.68. The normalized spacial score (nSPS) is 15.4. The number of piperidine rings is 2. The number of hydrogen-bond acceptors (Lipinski definition) is 8. The number of imide groups is 1. The molecule has 0 atom stereocenters. The lowest BCUT2D eigenvalue weighted by atomic mass is 9.86. The first-order chi connectivity index (χ1) is 25.8. The Labute approximate surface area is 351 Å². The number of amides is 3. The fraction of sp³-hybridized carbons (Fsp3) is 0.489. The molecule has 3 amide bonds. The van der Waals surface area contributed by atoms with E-state index in [1.54, 1.807) is 52.5 Å². The molecule has 2 heterocycles. The molecule has 4 aromatic carbocycles. The summed E-state index contributed by atoms with van der Waals surface area (Å²) in [5, 5.41) is 7.64. The second-order valence-corrected chi connectivity index (χ2v) is 17.6. The van der Waals surface area contributed by atoms with E-state index in [0.29, 0.717) is 24.7 Å². The highest BCUT2D eigenvalue weighted by molar-refractivity contribution is 6.15. The minimum absolute atomic E-state index is 0. The van der Waals surface area contributed by atoms with Gasteiger partial charge in [-0.1, -0.05) is 60.7 Å². The molecule has 2 saturated heterocycles. The number of rotatable bonds is 3. The smallest absolute Gasteiger partial charge is 0.424 e. The van der Waals surface area contributed by atoms with Gasteiger partial charge >= 0.3 is 18.3 Å². The molecule has 12 heteroatoms. The lowest BCUT2D eigenvalue weighted by Gasteiger charge is -2.34. The van der Waals surface area contributed by atoms with Gasteiger partial charge in [0, 0.05) is 29.5 Å². The first-order valence-electron chi connectivity index (χ1n) is 19.5. The molecule has 312 valence electrons. The number of anilines is 2. The number of fused-ring (bicyclic) bond motifs is 2. The molecule has 3 N–H and O–H groups in total. The number of nitrogens with one attached hydrogen (secondary N) is 1. The third-order valence-electron chi connectivity index (χ3n) is 9.68. The van der Waals surface area contributed by atoms with Gasteiger partial charge in [-0.3, -0.25) is 0 Å². The fourth-order valence-electron chi connectivity index (χ4n) is 7.28. The predicted molar refractivity (Wildman–Crippen MR) is 236 cm³/mol. The van der Waals surface area contributed by atoms with Gasteiger partial charge in [-0.2, -0.15) is 4.90 Å². The van der Waals surface area contributed by atoms with E-state index in [1.165, 1.54) is 29.2 Å². The Morgan fingerprint density at radius 2 is 1.02 bits per heavy atom. The number of benzene rings is 4. The van der Waals surface area contributed by atoms with E-state index >= 15 is 0 Å². The second-order valence-electron chi connectivity index (χ2n) is 17.6. The molecule has 2 aliphatic rings. The molecule has 0 saturated carbocycles. The average Bonchev–Trinajstić information content (AvgIpc) is 3.11. The Kier molecular flexibility index (Phi) is 16.1. The van der Waals surface area contributed by atoms with Crippen LogP contribution in [0.2, 0.25) is 0 Å². The van der Waals surface area contributed by atoms with Crippen LogP contribution in [0, 0.1) is 0 Å². The standard InChI is InChI=1S/C30H42N2O6.C15H18N2.2ClH/c1-28(2,3)36-25(33)31-18-16-20(17-19-31)21-14-15-24(23-13-11-10-12-22(21)23)32(26(34)37-29(4,5)6)27(35)38-30(7,8)9;16-15-6-5-12(11-7-9-17-10-8-11)13-3-1-2-4-14(13)15;;/h10-15,20H,16-19H2,1-9H3;1-6,11,17H,7-10,16H2;2*1H. The Balaban J connectivity index is 0.000000381. The van der Waals surface area contributed by atoms with Crippen LogP contribution in [0.25, 0.3) is 21.5 Å². The van der Waals surface area contributed by atoms with Gasteiger partial charge in [0.25, 0.3) is 0 Å². The van der Waals surface area contributed by atoms with E-state index in [9.17, 15) is 14.4 Å². The molecular weight excluding hydrogens is 763 g/mol. The van der Waals surface area contributed by atoms with Gasteiger partial charge < -0.3 is 30.2 Å². The molecule has 4 aromatic rings. The summed E-state index contributed by atoms with van der Waals surface area (Å²) in [5.74, 6) is 0.894. The molecule has 57 heavy (non-hydrogen) atoms. The molecule has 0 spiro atoms. The molecule has 2 aliphatic heterocycles. The topological polar surface area (TPSA) is 123 Å². The molecule has 0 bridgehead atoms. The van der Waals surface area contributed by atoms with Gasteiger partial charge in [0.1, 0.15) is 16.8 Å². The highest BCUT2D eigenvalue weighted by Crippen LogP contribution is 2.39. The highest BCUT2D eigenvalue weighted by Gasteiger charge is 2.35. The Morgan fingerprint density at radius 1 is 0.596 bits per heavy atom. The maximum absolute atomic E-state index is 13.3. The van der Waals surface area contributed by atoms with E-state index in [2.05, 4.69) is 41.7 Å². The zero-order chi connectivity index (χ0) is 40.1. The van der Waals surface area contributed by atoms with Crippen LogP contribution in [0.4, 0.5) is 25.8 Å². The van der Waals surface area contributed by atoms with E-state index in [0.717, 1.165) is 52.9 Å². The summed E-state index contributed by atoms with van der Waals surface area (Å²) in [6, 6.07) is 24.2. The van der Waals surface area contributed by atoms with Crippen LogP contribution in [-0.2, 0) is 14.2 Å². The van der Waals surface area contributed by atoms with Crippen LogP contribution in [0.1, 0.15) is 111 Å². The molecule has 0 unspecified atom stereocenters. The fourth-order valence-corrected chi connectivity index (χ4v) is 7.28. The van der Waals surface area contributed by atoms with E-state index in [4.69, 9.17) is 19.9 Å². The first kappa shape index (κ1) is 47.1. The van der Waals surface area contributed by atoms with Crippen LogP contribution < -0.4 is 16.0 Å². The molecule has 0 aromatic heterocycles. The van der Waals surface area contributed by atoms with Gasteiger partial charge in [0.05, 0.1) is 5.69 Å². The molecule has 2 fully saturated rings. The van der Waals surface area contributed by atoms with Crippen molar-refractivity contribution in [3.8, 4) is 0 Å². The number of nitrogens with two attached hydrogens (primary N) is 1. The summed E-state index contributed by atoms with van der Waals surface area (Å²) < 4.78 is 16.7. The van der Waals surface area contributed by atoms with Crippen molar-refractivity contribution in [2.75, 3.05) is 36.8 Å². The van der Waals surface area contributed by atoms with Crippen molar-refractivity contribution >= 4 is 76.0 Å². The van der Waals surface area contributed by atoms with Gasteiger partial charge in [0.15, 0.2) is 0 Å². The van der Waals surface area contributed by atoms with Crippen LogP contribution in [0.15, 0.2) is 72.8 Å². The zero-order valence-corrected chi connectivity index (χ0v) is 36.6. The minimum Gasteiger partial charge on any atom is -0.444 e. The largest absolute Gasteiger partial charge is 0.444 e. The number of likely N-dealkylation sites (tertiary alicyclic amines) is 1. The Bertz CT molecular complexity index is 1960. The summed E-state index contributed by atoms with van der Waals surface area (Å²) in [4.78, 5) is 41.8. The summed E-state index contributed by atoms with van der Waals surface area (Å²) in [6.45, 7) is 19.6. The summed E-state index contributed by atoms with van der Waals surface area (Å²) >= 11 is 0. The number of ether oxygens (including phenoxy) is 3. The van der Waals surface area contributed by atoms with Crippen molar-refractivity contribution in [2.24, 2.45) is 0 Å². The van der Waals surface area contributed by atoms with Crippen LogP contribution in [0.5, 0.6) is 0 Å². The van der Waals surface area contributed by atoms with Gasteiger partial charge in [-0.15, -0.1) is 24.8 Å². The highest BCUT2D eigenvalue weighted by atomic mass is 35.5. The lowest BCUT2D eigenvalue weighted by molar-refractivity contribution is 0.0204. The van der Waals surface area contributed by atoms with E-state index < -0.39 is 29.0 Å². The van der Waals surface area contributed by atoms with Crippen LogP contribution >= 0.6 is 24.8 Å². The maximum Gasteiger partial charge on any atom is 0.424 e. The SMILES string of the molecule is CC(C)(C)OC(=O)N1CCC(c2ccc(N(C(=O)OC(C)(C)C)C(=O)OC(C)(C)C)c3ccccc23)CC1.Cl.Cl.Nc1ccc(C2CCNCC2)c2ccccc12. The first-order valence-corrected chi connectivity index (χ1v) is 19.5.